The Balaban J connectivity index is 2.36. The standard InChI is InChI=1S/C18H9FN4O/c19-14-3-1-11(2-4-14)17-16(7-12(8-20)18(24)23-17)15-5-6-22-10-13(15)9-21/h1-7,10H,(H,23,24). The van der Waals surface area contributed by atoms with Gasteiger partial charge in [0.2, 0.25) is 0 Å². The summed E-state index contributed by atoms with van der Waals surface area (Å²) in [6.07, 6.45) is 2.92. The van der Waals surface area contributed by atoms with Gasteiger partial charge in [0.15, 0.2) is 0 Å². The number of halogens is 1. The molecule has 0 unspecified atom stereocenters. The molecular weight excluding hydrogens is 307 g/mol. The normalized spacial score (nSPS) is 9.96. The maximum Gasteiger partial charge on any atom is 0.266 e. The van der Waals surface area contributed by atoms with E-state index in [1.807, 2.05) is 12.1 Å². The molecule has 0 aliphatic carbocycles. The Labute approximate surface area is 136 Å². The van der Waals surface area contributed by atoms with Gasteiger partial charge in [0.25, 0.3) is 5.56 Å². The van der Waals surface area contributed by atoms with Crippen molar-refractivity contribution in [2.75, 3.05) is 0 Å². The van der Waals surface area contributed by atoms with Gasteiger partial charge in [-0.1, -0.05) is 0 Å². The number of hydrogen-bond donors (Lipinski definition) is 1. The number of nitrogens with zero attached hydrogens (tertiary/aromatic N) is 3. The number of H-pyrrole nitrogens is 1. The van der Waals surface area contributed by atoms with E-state index >= 15 is 0 Å². The van der Waals surface area contributed by atoms with Gasteiger partial charge in [0.05, 0.1) is 11.3 Å². The van der Waals surface area contributed by atoms with Gasteiger partial charge in [0, 0.05) is 23.5 Å². The number of aromatic nitrogens is 2. The number of benzene rings is 1. The number of rotatable bonds is 2. The van der Waals surface area contributed by atoms with Gasteiger partial charge in [-0.15, -0.1) is 0 Å². The zero-order valence-electron chi connectivity index (χ0n) is 12.2. The molecule has 0 aliphatic heterocycles. The van der Waals surface area contributed by atoms with Gasteiger partial charge in [-0.3, -0.25) is 9.78 Å². The van der Waals surface area contributed by atoms with Crippen molar-refractivity contribution in [3.05, 3.63) is 76.1 Å². The summed E-state index contributed by atoms with van der Waals surface area (Å²) in [6.45, 7) is 0. The first kappa shape index (κ1) is 15.1. The molecule has 6 heteroatoms. The van der Waals surface area contributed by atoms with E-state index in [-0.39, 0.29) is 5.56 Å². The van der Waals surface area contributed by atoms with Crippen molar-refractivity contribution in [3.63, 3.8) is 0 Å². The van der Waals surface area contributed by atoms with Crippen LogP contribution < -0.4 is 5.56 Å². The van der Waals surface area contributed by atoms with Crippen molar-refractivity contribution >= 4 is 0 Å². The van der Waals surface area contributed by atoms with Crippen molar-refractivity contribution in [1.82, 2.24) is 9.97 Å². The lowest BCUT2D eigenvalue weighted by atomic mass is 9.96. The van der Waals surface area contributed by atoms with Crippen LogP contribution >= 0.6 is 0 Å². The lowest BCUT2D eigenvalue weighted by molar-refractivity contribution is 0.628. The van der Waals surface area contributed by atoms with E-state index in [1.165, 1.54) is 42.7 Å². The van der Waals surface area contributed by atoms with Crippen LogP contribution in [0.25, 0.3) is 22.4 Å². The Hall–Kier alpha value is -3.77. The van der Waals surface area contributed by atoms with Crippen LogP contribution in [0.4, 0.5) is 4.39 Å². The van der Waals surface area contributed by atoms with Gasteiger partial charge < -0.3 is 4.98 Å². The molecule has 0 bridgehead atoms. The highest BCUT2D eigenvalue weighted by atomic mass is 19.1. The fourth-order valence-electron chi connectivity index (χ4n) is 2.39. The van der Waals surface area contributed by atoms with Gasteiger partial charge in [0.1, 0.15) is 23.5 Å². The van der Waals surface area contributed by atoms with Crippen molar-refractivity contribution in [2.24, 2.45) is 0 Å². The molecule has 2 heterocycles. The van der Waals surface area contributed by atoms with Crippen LogP contribution in [-0.2, 0) is 0 Å². The Morgan fingerprint density at radius 2 is 1.71 bits per heavy atom. The highest BCUT2D eigenvalue weighted by Gasteiger charge is 2.15. The molecule has 0 fully saturated rings. The quantitative estimate of drug-likeness (QED) is 0.786. The zero-order valence-corrected chi connectivity index (χ0v) is 12.2. The van der Waals surface area contributed by atoms with Crippen LogP contribution in [-0.4, -0.2) is 9.97 Å². The Morgan fingerprint density at radius 3 is 2.38 bits per heavy atom. The number of hydrogen-bond acceptors (Lipinski definition) is 4. The smallest absolute Gasteiger partial charge is 0.266 e. The lowest BCUT2D eigenvalue weighted by Gasteiger charge is -2.11. The predicted octanol–water partition coefficient (Wildman–Crippen LogP) is 2.99. The SMILES string of the molecule is N#Cc1cnccc1-c1cc(C#N)c(=O)[nH]c1-c1ccc(F)cc1. The number of aromatic amines is 1. The van der Waals surface area contributed by atoms with Crippen molar-refractivity contribution < 1.29 is 4.39 Å². The zero-order chi connectivity index (χ0) is 17.1. The molecular formula is C18H9FN4O. The second kappa shape index (κ2) is 6.15. The van der Waals surface area contributed by atoms with Crippen LogP contribution in [0.2, 0.25) is 0 Å². The van der Waals surface area contributed by atoms with Crippen LogP contribution in [0.1, 0.15) is 11.1 Å². The van der Waals surface area contributed by atoms with Crippen LogP contribution in [0.3, 0.4) is 0 Å². The molecule has 1 aromatic carbocycles. The van der Waals surface area contributed by atoms with Crippen LogP contribution in [0.15, 0.2) is 53.6 Å². The van der Waals surface area contributed by atoms with Gasteiger partial charge in [-0.25, -0.2) is 4.39 Å². The number of nitriles is 2. The van der Waals surface area contributed by atoms with Gasteiger partial charge >= 0.3 is 0 Å². The van der Waals surface area contributed by atoms with Crippen molar-refractivity contribution in [1.29, 1.82) is 10.5 Å². The third-order valence-corrected chi connectivity index (χ3v) is 3.53. The van der Waals surface area contributed by atoms with E-state index in [1.54, 1.807) is 6.07 Å². The summed E-state index contributed by atoms with van der Waals surface area (Å²) in [5.74, 6) is -0.405. The van der Waals surface area contributed by atoms with E-state index in [4.69, 9.17) is 5.26 Å². The second-order valence-corrected chi connectivity index (χ2v) is 4.95. The summed E-state index contributed by atoms with van der Waals surface area (Å²) < 4.78 is 13.2. The average Bonchev–Trinajstić information content (AvgIpc) is 2.62. The van der Waals surface area contributed by atoms with Crippen LogP contribution in [0, 0.1) is 28.5 Å². The minimum atomic E-state index is -0.548. The fourth-order valence-corrected chi connectivity index (χ4v) is 2.39. The summed E-state index contributed by atoms with van der Waals surface area (Å²) >= 11 is 0. The topological polar surface area (TPSA) is 93.3 Å². The first-order valence-corrected chi connectivity index (χ1v) is 6.92. The van der Waals surface area contributed by atoms with E-state index < -0.39 is 11.4 Å². The summed E-state index contributed by atoms with van der Waals surface area (Å²) in [6, 6.07) is 12.5. The molecule has 3 aromatic rings. The monoisotopic (exact) mass is 316 g/mol. The molecule has 24 heavy (non-hydrogen) atoms. The van der Waals surface area contributed by atoms with Crippen molar-refractivity contribution in [3.8, 4) is 34.5 Å². The molecule has 2 aromatic heterocycles. The summed E-state index contributed by atoms with van der Waals surface area (Å²) in [4.78, 5) is 18.6. The third kappa shape index (κ3) is 2.65. The average molecular weight is 316 g/mol. The molecule has 0 saturated heterocycles. The molecule has 5 nitrogen and oxygen atoms in total. The third-order valence-electron chi connectivity index (χ3n) is 3.53. The number of nitrogens with one attached hydrogen (secondary N) is 1. The van der Waals surface area contributed by atoms with E-state index in [2.05, 4.69) is 9.97 Å². The minimum Gasteiger partial charge on any atom is -0.320 e. The van der Waals surface area contributed by atoms with Crippen molar-refractivity contribution in [2.45, 2.75) is 0 Å². The molecule has 0 radical (unpaired) electrons. The lowest BCUT2D eigenvalue weighted by Crippen LogP contribution is -2.12. The van der Waals surface area contributed by atoms with E-state index in [0.29, 0.717) is 27.9 Å². The second-order valence-electron chi connectivity index (χ2n) is 4.95. The molecule has 1 N–H and O–H groups in total. The Morgan fingerprint density at radius 1 is 1.00 bits per heavy atom. The predicted molar refractivity (Wildman–Crippen MR) is 85.1 cm³/mol. The van der Waals surface area contributed by atoms with Gasteiger partial charge in [-0.05, 0) is 42.0 Å². The van der Waals surface area contributed by atoms with E-state index in [9.17, 15) is 14.4 Å². The van der Waals surface area contributed by atoms with Crippen LogP contribution in [0.5, 0.6) is 0 Å². The molecule has 114 valence electrons. The first-order valence-electron chi connectivity index (χ1n) is 6.92. The maximum absolute atomic E-state index is 13.2. The molecule has 0 saturated carbocycles. The van der Waals surface area contributed by atoms with Gasteiger partial charge in [-0.2, -0.15) is 10.5 Å². The first-order chi connectivity index (χ1) is 11.6. The molecule has 0 amide bonds. The fraction of sp³-hybridized carbons (Fsp3) is 0. The minimum absolute atomic E-state index is 0.0726. The number of pyridine rings is 2. The maximum atomic E-state index is 13.2. The highest BCUT2D eigenvalue weighted by molar-refractivity contribution is 5.83. The van der Waals surface area contributed by atoms with E-state index in [0.717, 1.165) is 0 Å². The summed E-state index contributed by atoms with van der Waals surface area (Å²) in [5.41, 5.74) is 1.67. The summed E-state index contributed by atoms with van der Waals surface area (Å²) in [7, 11) is 0. The molecule has 3 rings (SSSR count). The largest absolute Gasteiger partial charge is 0.320 e. The Bertz CT molecular complexity index is 1060. The molecule has 0 atom stereocenters. The highest BCUT2D eigenvalue weighted by Crippen LogP contribution is 2.31. The Kier molecular flexibility index (Phi) is 3.88. The molecule has 0 aliphatic rings. The molecule has 0 spiro atoms. The summed E-state index contributed by atoms with van der Waals surface area (Å²) in [5, 5.41) is 18.4.